The van der Waals surface area contributed by atoms with E-state index in [0.29, 0.717) is 0 Å². The summed E-state index contributed by atoms with van der Waals surface area (Å²) >= 11 is 2.68. The number of hydrogen-bond acceptors (Lipinski definition) is 1. The van der Waals surface area contributed by atoms with Crippen LogP contribution in [0.4, 0.5) is 0 Å². The van der Waals surface area contributed by atoms with Crippen LogP contribution in [-0.4, -0.2) is 10.3 Å². The molecule has 0 rings (SSSR count). The van der Waals surface area contributed by atoms with Crippen LogP contribution in [0.25, 0.3) is 0 Å². The van der Waals surface area contributed by atoms with Crippen LogP contribution >= 0.6 is 0 Å². The fraction of sp³-hybridized carbons (Fsp3) is 0. The fourth-order valence-electron chi connectivity index (χ4n) is 0. The summed E-state index contributed by atoms with van der Waals surface area (Å²) in [4.78, 5) is 9.82. The van der Waals surface area contributed by atoms with Gasteiger partial charge in [-0.2, -0.15) is 0 Å². The first kappa shape index (κ1) is 8.96. The summed E-state index contributed by atoms with van der Waals surface area (Å²) in [7, 11) is 0. The van der Waals surface area contributed by atoms with Gasteiger partial charge in [-0.05, 0) is 0 Å². The summed E-state index contributed by atoms with van der Waals surface area (Å²) < 4.78 is 0. The van der Waals surface area contributed by atoms with Crippen LogP contribution in [0, 0.1) is 0 Å². The Balaban J connectivity index is 0. The van der Waals surface area contributed by atoms with Gasteiger partial charge in [0.05, 0.1) is 0 Å². The molecule has 0 amide bonds. The van der Waals surface area contributed by atoms with E-state index < -0.39 is 0 Å². The van der Waals surface area contributed by atoms with E-state index >= 15 is 0 Å². The third-order valence-electron chi connectivity index (χ3n) is 0. The molecule has 0 aliphatic carbocycles. The van der Waals surface area contributed by atoms with Crippen LogP contribution < -0.4 is 0 Å². The second-order valence-corrected chi connectivity index (χ2v) is 0.298. The molecule has 25 valence electrons. The third-order valence-corrected chi connectivity index (χ3v) is 0. The maximum absolute atomic E-state index is 8.57. The molecule has 0 aliphatic rings. The van der Waals surface area contributed by atoms with E-state index in [0.717, 1.165) is 0 Å². The van der Waals surface area contributed by atoms with E-state index in [1.165, 1.54) is 4.79 Å². The van der Waals surface area contributed by atoms with Crippen molar-refractivity contribution in [2.24, 2.45) is 0 Å². The predicted molar refractivity (Wildman–Crippen MR) is 9.31 cm³/mol. The molecule has 0 aromatic carbocycles. The first-order valence-electron chi connectivity index (χ1n) is 0.381. The van der Waals surface area contributed by atoms with Gasteiger partial charge < -0.3 is 5.48 Å². The Morgan fingerprint density at radius 2 is 1.75 bits per heavy atom. The van der Waals surface area contributed by atoms with Crippen molar-refractivity contribution in [3.8, 4) is 0 Å². The van der Waals surface area contributed by atoms with Gasteiger partial charge in [-0.15, -0.1) is 0 Å². The molecular weight excluding hydrogens is 99.9 g/mol. The molecule has 0 saturated carbocycles. The van der Waals surface area contributed by atoms with Gasteiger partial charge in [0.15, 0.2) is 0 Å². The molecule has 0 aromatic heterocycles. The van der Waals surface area contributed by atoms with Crippen LogP contribution in [0.1, 0.15) is 0 Å². The Hall–Kier alpha value is 0.0595. The fourth-order valence-corrected chi connectivity index (χ4v) is 0. The van der Waals surface area contributed by atoms with Crippen molar-refractivity contribution in [1.82, 2.24) is 0 Å². The van der Waals surface area contributed by atoms with E-state index in [9.17, 15) is 0 Å². The second kappa shape index (κ2) is 11.6. The normalized spacial score (nSPS) is 2.00. The second-order valence-electron chi connectivity index (χ2n) is 0.0722. The molecule has 2 nitrogen and oxygen atoms in total. The van der Waals surface area contributed by atoms with Crippen molar-refractivity contribution >= 4 is 4.79 Å². The minimum atomic E-state index is 0. The van der Waals surface area contributed by atoms with Crippen molar-refractivity contribution in [3.63, 3.8) is 0 Å². The van der Waals surface area contributed by atoms with Gasteiger partial charge in [0.25, 0.3) is 0 Å². The zero-order valence-corrected chi connectivity index (χ0v) is 2.87. The summed E-state index contributed by atoms with van der Waals surface area (Å²) in [6.07, 6.45) is 0. The van der Waals surface area contributed by atoms with E-state index in [1.807, 2.05) is 0 Å². The molecule has 0 atom stereocenters. The first-order valence-corrected chi connectivity index (χ1v) is 0.933. The molecule has 0 unspecified atom stereocenters. The van der Waals surface area contributed by atoms with Crippen molar-refractivity contribution in [2.75, 3.05) is 0 Å². The molecule has 0 bridgehead atoms. The first-order chi connectivity index (χ1) is 1.41. The van der Waals surface area contributed by atoms with Gasteiger partial charge >= 0.3 is 25.2 Å². The van der Waals surface area contributed by atoms with E-state index in [-0.39, 0.29) is 5.48 Å². The molecule has 0 fully saturated rings. The molecule has 4 heavy (non-hydrogen) atoms. The maximum atomic E-state index is 8.57. The van der Waals surface area contributed by atoms with Crippen LogP contribution in [-0.2, 0) is 20.4 Å². The number of hydrogen-bond donors (Lipinski definition) is 0. The monoisotopic (exact) mass is 102 g/mol. The van der Waals surface area contributed by atoms with Crippen LogP contribution in [0.2, 0.25) is 0 Å². The summed E-state index contributed by atoms with van der Waals surface area (Å²) in [5.74, 6) is 0. The van der Waals surface area contributed by atoms with Gasteiger partial charge in [-0.3, -0.25) is 0 Å². The average Bonchev–Trinajstić information content (AvgIpc) is 0.918. The van der Waals surface area contributed by atoms with Gasteiger partial charge in [0, 0.05) is 0 Å². The number of carbonyl (C=O) groups excluding carboxylic acids is 1. The summed E-state index contributed by atoms with van der Waals surface area (Å²) in [6.45, 7) is 0. The molecule has 0 radical (unpaired) electrons. The Bertz CT molecular complexity index is 27.0. The van der Waals surface area contributed by atoms with Crippen LogP contribution in [0.5, 0.6) is 0 Å². The zero-order valence-electron chi connectivity index (χ0n) is 1.76. The summed E-state index contributed by atoms with van der Waals surface area (Å²) in [5, 5.41) is 0. The van der Waals surface area contributed by atoms with E-state index in [1.54, 1.807) is 0 Å². The van der Waals surface area contributed by atoms with E-state index in [4.69, 9.17) is 4.79 Å². The van der Waals surface area contributed by atoms with Gasteiger partial charge in [-0.25, -0.2) is 0 Å². The van der Waals surface area contributed by atoms with Crippen molar-refractivity contribution in [1.29, 1.82) is 0 Å². The topological polar surface area (TPSA) is 48.6 Å². The molecule has 0 saturated heterocycles. The van der Waals surface area contributed by atoms with Gasteiger partial charge in [0.2, 0.25) is 0 Å². The predicted octanol–water partition coefficient (Wildman–Crippen LogP) is -1.22. The van der Waals surface area contributed by atoms with Crippen molar-refractivity contribution in [2.45, 2.75) is 0 Å². The SMILES string of the molecule is O.O=[C]=[Fe+]. The molecule has 0 aliphatic heterocycles. The Kier molecular flexibility index (Phi) is 25.9. The Labute approximate surface area is 31.5 Å². The quantitative estimate of drug-likeness (QED) is 0.353. The minimum absolute atomic E-state index is 0. The van der Waals surface area contributed by atoms with Gasteiger partial charge in [0.1, 0.15) is 0 Å². The van der Waals surface area contributed by atoms with E-state index in [2.05, 4.69) is 15.6 Å². The van der Waals surface area contributed by atoms with Crippen molar-refractivity contribution < 1.29 is 25.8 Å². The average molecular weight is 102 g/mol. The molecule has 2 N–H and O–H groups in total. The Morgan fingerprint density at radius 1 is 1.75 bits per heavy atom. The molecule has 0 spiro atoms. The van der Waals surface area contributed by atoms with Crippen molar-refractivity contribution in [3.05, 3.63) is 0 Å². The number of rotatable bonds is 0. The zero-order chi connectivity index (χ0) is 2.71. The summed E-state index contributed by atoms with van der Waals surface area (Å²) in [5.41, 5.74) is 0. The third kappa shape index (κ3) is 653. The molecule has 0 heterocycles. The molecule has 3 heteroatoms. The van der Waals surface area contributed by atoms with Crippen LogP contribution in [0.3, 0.4) is 0 Å². The molecule has 0 aromatic rings. The standard InChI is InChI=1S/CO.Fe.H2O/c1-2;;/h;;1H2/q;+1;. The summed E-state index contributed by atoms with van der Waals surface area (Å²) in [6, 6.07) is 0. The van der Waals surface area contributed by atoms with Gasteiger partial charge in [-0.1, -0.05) is 0 Å². The molecular formula is CH2FeO2+. The Morgan fingerprint density at radius 3 is 1.75 bits per heavy atom. The van der Waals surface area contributed by atoms with Crippen LogP contribution in [0.15, 0.2) is 0 Å².